The molecule has 2 aromatic rings. The highest BCUT2D eigenvalue weighted by atomic mass is 32.1. The number of para-hydroxylation sites is 1. The highest BCUT2D eigenvalue weighted by molar-refractivity contribution is 7.19. The first-order valence-electron chi connectivity index (χ1n) is 5.29. The highest BCUT2D eigenvalue weighted by Gasteiger charge is 2.00. The predicted octanol–water partition coefficient (Wildman–Crippen LogP) is 2.60. The molecule has 1 aromatic carbocycles. The van der Waals surface area contributed by atoms with Gasteiger partial charge in [-0.15, -0.1) is 11.3 Å². The maximum absolute atomic E-state index is 11.1. The van der Waals surface area contributed by atoms with E-state index >= 15 is 0 Å². The molecule has 1 heterocycles. The highest BCUT2D eigenvalue weighted by Crippen LogP contribution is 2.20. The van der Waals surface area contributed by atoms with Gasteiger partial charge in [0, 0.05) is 0 Å². The van der Waals surface area contributed by atoms with E-state index in [9.17, 15) is 4.79 Å². The average Bonchev–Trinajstić information content (AvgIpc) is 2.71. The van der Waals surface area contributed by atoms with Gasteiger partial charge in [-0.05, 0) is 25.0 Å². The second-order valence-electron chi connectivity index (χ2n) is 3.27. The summed E-state index contributed by atoms with van der Waals surface area (Å²) in [6.07, 6.45) is 0.115. The van der Waals surface area contributed by atoms with Crippen molar-refractivity contribution in [3.63, 3.8) is 0 Å². The molecular formula is C13H11NO2S. The minimum atomic E-state index is -0.291. The molecule has 0 aliphatic heterocycles. The molecule has 0 spiro atoms. The predicted molar refractivity (Wildman–Crippen MR) is 67.7 cm³/mol. The third-order valence-corrected chi connectivity index (χ3v) is 2.98. The largest absolute Gasteiger partial charge is 0.465 e. The number of fused-ring (bicyclic) bond motifs is 1. The van der Waals surface area contributed by atoms with Crippen molar-refractivity contribution in [2.75, 3.05) is 6.61 Å². The Morgan fingerprint density at radius 1 is 1.47 bits per heavy atom. The fourth-order valence-electron chi connectivity index (χ4n) is 1.33. The minimum absolute atomic E-state index is 0.115. The third-order valence-electron chi connectivity index (χ3n) is 2.03. The molecule has 0 saturated heterocycles. The van der Waals surface area contributed by atoms with Gasteiger partial charge in [-0.3, -0.25) is 4.79 Å². The zero-order valence-corrected chi connectivity index (χ0v) is 10.2. The summed E-state index contributed by atoms with van der Waals surface area (Å²) in [5, 5.41) is 0.732. The van der Waals surface area contributed by atoms with Crippen LogP contribution in [0.4, 0.5) is 0 Å². The molecule has 0 bridgehead atoms. The summed E-state index contributed by atoms with van der Waals surface area (Å²) in [4.78, 5) is 15.4. The normalized spacial score (nSPS) is 9.71. The Kier molecular flexibility index (Phi) is 3.73. The summed E-state index contributed by atoms with van der Waals surface area (Å²) in [7, 11) is 0. The van der Waals surface area contributed by atoms with E-state index in [1.807, 2.05) is 24.3 Å². The molecule has 1 aromatic heterocycles. The Morgan fingerprint density at radius 2 is 2.29 bits per heavy atom. The van der Waals surface area contributed by atoms with Crippen molar-refractivity contribution < 1.29 is 9.53 Å². The minimum Gasteiger partial charge on any atom is -0.465 e. The van der Waals surface area contributed by atoms with Crippen molar-refractivity contribution in [2.45, 2.75) is 13.3 Å². The number of benzene rings is 1. The monoisotopic (exact) mass is 245 g/mol. The molecule has 0 fully saturated rings. The van der Waals surface area contributed by atoms with Gasteiger partial charge < -0.3 is 4.74 Å². The maximum atomic E-state index is 11.1. The number of hydrogen-bond acceptors (Lipinski definition) is 4. The molecule has 0 aliphatic rings. The van der Waals surface area contributed by atoms with E-state index in [0.717, 1.165) is 15.2 Å². The fourth-order valence-corrected chi connectivity index (χ4v) is 2.17. The first-order valence-corrected chi connectivity index (χ1v) is 6.11. The van der Waals surface area contributed by atoms with Gasteiger partial charge in [0.1, 0.15) is 6.42 Å². The lowest BCUT2D eigenvalue weighted by Gasteiger charge is -1.94. The van der Waals surface area contributed by atoms with E-state index in [4.69, 9.17) is 4.74 Å². The number of ether oxygens (including phenoxy) is 1. The lowest BCUT2D eigenvalue weighted by atomic mass is 10.3. The van der Waals surface area contributed by atoms with Gasteiger partial charge in [-0.1, -0.05) is 18.1 Å². The number of esters is 1. The van der Waals surface area contributed by atoms with Gasteiger partial charge in [-0.25, -0.2) is 4.98 Å². The molecule has 4 heteroatoms. The van der Waals surface area contributed by atoms with E-state index < -0.39 is 0 Å². The third kappa shape index (κ3) is 3.05. The van der Waals surface area contributed by atoms with Crippen molar-refractivity contribution in [1.29, 1.82) is 0 Å². The number of nitrogens with zero attached hydrogens (tertiary/aromatic N) is 1. The Balaban J connectivity index is 2.08. The van der Waals surface area contributed by atoms with Crippen molar-refractivity contribution in [3.8, 4) is 11.8 Å². The summed E-state index contributed by atoms with van der Waals surface area (Å²) in [5.41, 5.74) is 0.943. The van der Waals surface area contributed by atoms with Crippen molar-refractivity contribution in [3.05, 3.63) is 29.3 Å². The van der Waals surface area contributed by atoms with Gasteiger partial charge in [0.2, 0.25) is 0 Å². The molecule has 3 nitrogen and oxygen atoms in total. The van der Waals surface area contributed by atoms with Crippen LogP contribution < -0.4 is 0 Å². The molecule has 0 aliphatic carbocycles. The summed E-state index contributed by atoms with van der Waals surface area (Å²) < 4.78 is 5.88. The molecule has 86 valence electrons. The van der Waals surface area contributed by atoms with E-state index in [-0.39, 0.29) is 12.4 Å². The number of hydrogen-bond donors (Lipinski definition) is 0. The number of thiazole rings is 1. The molecule has 17 heavy (non-hydrogen) atoms. The molecule has 0 atom stereocenters. The van der Waals surface area contributed by atoms with E-state index in [1.165, 1.54) is 11.3 Å². The second kappa shape index (κ2) is 5.46. The first-order chi connectivity index (χ1) is 8.29. The van der Waals surface area contributed by atoms with E-state index in [2.05, 4.69) is 16.8 Å². The second-order valence-corrected chi connectivity index (χ2v) is 4.30. The van der Waals surface area contributed by atoms with Gasteiger partial charge in [-0.2, -0.15) is 0 Å². The van der Waals surface area contributed by atoms with Crippen LogP contribution >= 0.6 is 11.3 Å². The maximum Gasteiger partial charge on any atom is 0.317 e. The zero-order valence-electron chi connectivity index (χ0n) is 9.40. The number of rotatable bonds is 2. The summed E-state index contributed by atoms with van der Waals surface area (Å²) in [5.74, 6) is 5.36. The van der Waals surface area contributed by atoms with Crippen LogP contribution in [0.15, 0.2) is 24.3 Å². The first kappa shape index (κ1) is 11.6. The van der Waals surface area contributed by atoms with Crippen LogP contribution in [0.5, 0.6) is 0 Å². The van der Waals surface area contributed by atoms with Crippen LogP contribution in [0.1, 0.15) is 18.4 Å². The number of aromatic nitrogens is 1. The molecule has 0 N–H and O–H groups in total. The van der Waals surface area contributed by atoms with Gasteiger partial charge >= 0.3 is 5.97 Å². The Labute approximate surface area is 103 Å². The molecule has 0 saturated carbocycles. The fraction of sp³-hybridized carbons (Fsp3) is 0.231. The van der Waals surface area contributed by atoms with Gasteiger partial charge in [0.15, 0.2) is 5.01 Å². The van der Waals surface area contributed by atoms with Crippen LogP contribution in [-0.4, -0.2) is 17.6 Å². The summed E-state index contributed by atoms with van der Waals surface area (Å²) >= 11 is 1.53. The van der Waals surface area contributed by atoms with Crippen LogP contribution in [0.2, 0.25) is 0 Å². The smallest absolute Gasteiger partial charge is 0.317 e. The average molecular weight is 245 g/mol. The van der Waals surface area contributed by atoms with Crippen molar-refractivity contribution in [2.24, 2.45) is 0 Å². The van der Waals surface area contributed by atoms with E-state index in [0.29, 0.717) is 6.61 Å². The Hall–Kier alpha value is -1.86. The van der Waals surface area contributed by atoms with Crippen LogP contribution in [0.3, 0.4) is 0 Å². The number of carbonyl (C=O) groups excluding carboxylic acids is 1. The molecular weight excluding hydrogens is 234 g/mol. The van der Waals surface area contributed by atoms with Gasteiger partial charge in [0.25, 0.3) is 0 Å². The van der Waals surface area contributed by atoms with Gasteiger partial charge in [0.05, 0.1) is 16.8 Å². The molecule has 0 amide bonds. The number of carbonyl (C=O) groups is 1. The summed E-state index contributed by atoms with van der Waals surface area (Å²) in [6, 6.07) is 7.86. The standard InChI is InChI=1S/C13H11NO2S/c1-2-16-13(15)9-5-8-12-14-10-6-3-4-7-11(10)17-12/h3-4,6-7H,2,9H2,1H3. The van der Waals surface area contributed by atoms with Crippen LogP contribution in [0, 0.1) is 11.8 Å². The van der Waals surface area contributed by atoms with E-state index in [1.54, 1.807) is 6.92 Å². The molecule has 0 unspecified atom stereocenters. The lowest BCUT2D eigenvalue weighted by Crippen LogP contribution is -2.01. The molecule has 0 radical (unpaired) electrons. The Bertz CT molecular complexity index is 559. The Morgan fingerprint density at radius 3 is 3.06 bits per heavy atom. The topological polar surface area (TPSA) is 39.2 Å². The van der Waals surface area contributed by atoms with Crippen LogP contribution in [0.25, 0.3) is 10.2 Å². The van der Waals surface area contributed by atoms with Crippen molar-refractivity contribution in [1.82, 2.24) is 4.98 Å². The summed E-state index contributed by atoms with van der Waals surface area (Å²) in [6.45, 7) is 2.17. The SMILES string of the molecule is CCOC(=O)CC#Cc1nc2ccccc2s1. The lowest BCUT2D eigenvalue weighted by molar-refractivity contribution is -0.141. The molecule has 2 rings (SSSR count). The van der Waals surface area contributed by atoms with Crippen molar-refractivity contribution >= 4 is 27.5 Å². The quantitative estimate of drug-likeness (QED) is 0.603. The van der Waals surface area contributed by atoms with Crippen LogP contribution in [-0.2, 0) is 9.53 Å². The zero-order chi connectivity index (χ0) is 12.1.